The Kier molecular flexibility index (Phi) is 3.89. The summed E-state index contributed by atoms with van der Waals surface area (Å²) in [7, 11) is 0. The first-order valence-corrected chi connectivity index (χ1v) is 8.15. The van der Waals surface area contributed by atoms with Gasteiger partial charge in [0.15, 0.2) is 0 Å². The Morgan fingerprint density at radius 1 is 1.16 bits per heavy atom. The summed E-state index contributed by atoms with van der Waals surface area (Å²) in [6, 6.07) is 4.72. The van der Waals surface area contributed by atoms with E-state index in [4.69, 9.17) is 0 Å². The number of amides is 1. The quantitative estimate of drug-likeness (QED) is 0.830. The molecular formula is C15H22N2OS. The fourth-order valence-corrected chi connectivity index (χ4v) is 4.08. The van der Waals surface area contributed by atoms with Crippen LogP contribution in [0.5, 0.6) is 0 Å². The van der Waals surface area contributed by atoms with Crippen LogP contribution in [0.15, 0.2) is 12.1 Å². The van der Waals surface area contributed by atoms with E-state index in [1.54, 1.807) is 11.3 Å². The number of thiophene rings is 1. The number of piperidine rings is 1. The van der Waals surface area contributed by atoms with Crippen molar-refractivity contribution in [3.05, 3.63) is 21.9 Å². The Hall–Kier alpha value is -0.870. The molecule has 2 saturated heterocycles. The lowest BCUT2D eigenvalue weighted by Crippen LogP contribution is -2.45. The molecule has 1 aromatic heterocycles. The summed E-state index contributed by atoms with van der Waals surface area (Å²) in [5.74, 6) is 0.234. The average Bonchev–Trinajstić information content (AvgIpc) is 3.09. The zero-order valence-electron chi connectivity index (χ0n) is 11.6. The molecule has 2 aliphatic rings. The second-order valence-electron chi connectivity index (χ2n) is 5.68. The number of carbonyl (C=O) groups excluding carboxylic acids is 1. The van der Waals surface area contributed by atoms with Crippen molar-refractivity contribution in [2.24, 2.45) is 0 Å². The fourth-order valence-electron chi connectivity index (χ4n) is 3.25. The standard InChI is InChI=1S/C15H22N2OS/c1-12-4-5-14(19-12)15(18)17-10-6-13(7-11-17)16-8-2-3-9-16/h4-5,13H,2-3,6-11H2,1H3. The van der Waals surface area contributed by atoms with E-state index in [-0.39, 0.29) is 5.91 Å². The number of nitrogens with zero attached hydrogens (tertiary/aromatic N) is 2. The third-order valence-corrected chi connectivity index (χ3v) is 5.35. The molecule has 0 bridgehead atoms. The van der Waals surface area contributed by atoms with Gasteiger partial charge >= 0.3 is 0 Å². The summed E-state index contributed by atoms with van der Waals surface area (Å²) in [5, 5.41) is 0. The van der Waals surface area contributed by atoms with Crippen LogP contribution in [0.25, 0.3) is 0 Å². The molecule has 2 aliphatic heterocycles. The lowest BCUT2D eigenvalue weighted by molar-refractivity contribution is 0.0649. The number of rotatable bonds is 2. The van der Waals surface area contributed by atoms with Crippen molar-refractivity contribution in [2.75, 3.05) is 26.2 Å². The highest BCUT2D eigenvalue weighted by Crippen LogP contribution is 2.23. The highest BCUT2D eigenvalue weighted by atomic mass is 32.1. The van der Waals surface area contributed by atoms with Crippen molar-refractivity contribution in [2.45, 2.75) is 38.6 Å². The molecule has 19 heavy (non-hydrogen) atoms. The normalized spacial score (nSPS) is 22.1. The van der Waals surface area contributed by atoms with Crippen molar-refractivity contribution in [3.8, 4) is 0 Å². The summed E-state index contributed by atoms with van der Waals surface area (Å²) < 4.78 is 0. The molecule has 0 N–H and O–H groups in total. The van der Waals surface area contributed by atoms with E-state index in [2.05, 4.69) is 11.8 Å². The Balaban J connectivity index is 1.56. The molecule has 1 amide bonds. The Labute approximate surface area is 119 Å². The Morgan fingerprint density at radius 3 is 2.42 bits per heavy atom. The van der Waals surface area contributed by atoms with Gasteiger partial charge in [-0.15, -0.1) is 11.3 Å². The zero-order valence-corrected chi connectivity index (χ0v) is 12.4. The minimum absolute atomic E-state index is 0.234. The molecule has 2 fully saturated rings. The maximum Gasteiger partial charge on any atom is 0.263 e. The summed E-state index contributed by atoms with van der Waals surface area (Å²) in [6.07, 6.45) is 5.01. The molecule has 3 nitrogen and oxygen atoms in total. The molecule has 104 valence electrons. The number of aryl methyl sites for hydroxylation is 1. The van der Waals surface area contributed by atoms with Crippen LogP contribution in [-0.2, 0) is 0 Å². The lowest BCUT2D eigenvalue weighted by atomic mass is 10.0. The highest BCUT2D eigenvalue weighted by Gasteiger charge is 2.28. The van der Waals surface area contributed by atoms with Crippen molar-refractivity contribution in [1.82, 2.24) is 9.80 Å². The van der Waals surface area contributed by atoms with Gasteiger partial charge in [-0.25, -0.2) is 0 Å². The Bertz CT molecular complexity index is 443. The molecule has 3 rings (SSSR count). The van der Waals surface area contributed by atoms with Gasteiger partial charge in [-0.05, 0) is 57.8 Å². The van der Waals surface area contributed by atoms with Crippen LogP contribution in [-0.4, -0.2) is 47.9 Å². The molecule has 0 spiro atoms. The van der Waals surface area contributed by atoms with Gasteiger partial charge in [-0.2, -0.15) is 0 Å². The van der Waals surface area contributed by atoms with Crippen LogP contribution in [0.3, 0.4) is 0 Å². The number of hydrogen-bond acceptors (Lipinski definition) is 3. The third-order valence-electron chi connectivity index (χ3n) is 4.36. The van der Waals surface area contributed by atoms with Crippen molar-refractivity contribution in [1.29, 1.82) is 0 Å². The SMILES string of the molecule is Cc1ccc(C(=O)N2CCC(N3CCCC3)CC2)s1. The van der Waals surface area contributed by atoms with Gasteiger partial charge in [-0.3, -0.25) is 4.79 Å². The lowest BCUT2D eigenvalue weighted by Gasteiger charge is -2.36. The smallest absolute Gasteiger partial charge is 0.263 e. The summed E-state index contributed by atoms with van der Waals surface area (Å²) in [6.45, 7) is 6.44. The van der Waals surface area contributed by atoms with Crippen LogP contribution in [0.1, 0.15) is 40.2 Å². The molecule has 0 saturated carbocycles. The third kappa shape index (κ3) is 2.84. The van der Waals surface area contributed by atoms with Gasteiger partial charge in [0.25, 0.3) is 5.91 Å². The zero-order chi connectivity index (χ0) is 13.2. The van der Waals surface area contributed by atoms with E-state index in [0.29, 0.717) is 0 Å². The van der Waals surface area contributed by atoms with Crippen molar-refractivity contribution >= 4 is 17.2 Å². The number of carbonyl (C=O) groups is 1. The predicted molar refractivity (Wildman–Crippen MR) is 78.8 cm³/mol. The van der Waals surface area contributed by atoms with E-state index in [1.807, 2.05) is 17.0 Å². The topological polar surface area (TPSA) is 23.6 Å². The molecule has 4 heteroatoms. The van der Waals surface area contributed by atoms with Gasteiger partial charge in [0.2, 0.25) is 0 Å². The van der Waals surface area contributed by atoms with E-state index >= 15 is 0 Å². The molecule has 1 aromatic rings. The van der Waals surface area contributed by atoms with Crippen LogP contribution in [0.2, 0.25) is 0 Å². The minimum atomic E-state index is 0.234. The second kappa shape index (κ2) is 5.63. The van der Waals surface area contributed by atoms with Gasteiger partial charge in [0, 0.05) is 24.0 Å². The molecule has 3 heterocycles. The van der Waals surface area contributed by atoms with Crippen molar-refractivity contribution < 1.29 is 4.79 Å². The van der Waals surface area contributed by atoms with Crippen LogP contribution < -0.4 is 0 Å². The molecule has 0 aromatic carbocycles. The maximum absolute atomic E-state index is 12.4. The van der Waals surface area contributed by atoms with Crippen molar-refractivity contribution in [3.63, 3.8) is 0 Å². The van der Waals surface area contributed by atoms with Crippen LogP contribution in [0.4, 0.5) is 0 Å². The van der Waals surface area contributed by atoms with Crippen LogP contribution in [0, 0.1) is 6.92 Å². The highest BCUT2D eigenvalue weighted by molar-refractivity contribution is 7.13. The van der Waals surface area contributed by atoms with Gasteiger partial charge < -0.3 is 9.80 Å². The van der Waals surface area contributed by atoms with Gasteiger partial charge in [0.1, 0.15) is 0 Å². The minimum Gasteiger partial charge on any atom is -0.338 e. The summed E-state index contributed by atoms with van der Waals surface area (Å²) in [4.78, 5) is 19.1. The van der Waals surface area contributed by atoms with Crippen LogP contribution >= 0.6 is 11.3 Å². The molecule has 0 atom stereocenters. The van der Waals surface area contributed by atoms with Gasteiger partial charge in [-0.1, -0.05) is 0 Å². The van der Waals surface area contributed by atoms with E-state index in [0.717, 1.165) is 36.9 Å². The molecule has 0 aliphatic carbocycles. The van der Waals surface area contributed by atoms with E-state index < -0.39 is 0 Å². The summed E-state index contributed by atoms with van der Waals surface area (Å²) >= 11 is 1.61. The average molecular weight is 278 g/mol. The molecule has 0 radical (unpaired) electrons. The largest absolute Gasteiger partial charge is 0.338 e. The first kappa shape index (κ1) is 13.1. The van der Waals surface area contributed by atoms with Gasteiger partial charge in [0.05, 0.1) is 4.88 Å². The monoisotopic (exact) mass is 278 g/mol. The molecule has 0 unspecified atom stereocenters. The predicted octanol–water partition coefficient (Wildman–Crippen LogP) is 2.76. The van der Waals surface area contributed by atoms with E-state index in [9.17, 15) is 4.79 Å². The first-order valence-electron chi connectivity index (χ1n) is 7.34. The molecular weight excluding hydrogens is 256 g/mol. The Morgan fingerprint density at radius 2 is 1.84 bits per heavy atom. The number of likely N-dealkylation sites (tertiary alicyclic amines) is 2. The fraction of sp³-hybridized carbons (Fsp3) is 0.667. The maximum atomic E-state index is 12.4. The summed E-state index contributed by atoms with van der Waals surface area (Å²) in [5.41, 5.74) is 0. The number of hydrogen-bond donors (Lipinski definition) is 0. The second-order valence-corrected chi connectivity index (χ2v) is 6.96. The first-order chi connectivity index (χ1) is 9.24. The van der Waals surface area contributed by atoms with E-state index in [1.165, 1.54) is 30.8 Å².